The highest BCUT2D eigenvalue weighted by Crippen LogP contribution is 2.27. The van der Waals surface area contributed by atoms with E-state index in [0.29, 0.717) is 12.8 Å². The molecule has 0 aliphatic carbocycles. The monoisotopic (exact) mass is 414 g/mol. The van der Waals surface area contributed by atoms with Gasteiger partial charge >= 0.3 is 0 Å². The third-order valence-electron chi connectivity index (χ3n) is 5.47. The highest BCUT2D eigenvalue weighted by molar-refractivity contribution is 5.44. The molecule has 30 heavy (non-hydrogen) atoms. The van der Waals surface area contributed by atoms with Crippen LogP contribution in [0.5, 0.6) is 5.75 Å². The zero-order chi connectivity index (χ0) is 21.6. The molecule has 2 rings (SSSR count). The molecular formula is C26H38O4. The summed E-state index contributed by atoms with van der Waals surface area (Å²) >= 11 is 0. The smallest absolute Gasteiger partial charge is 0.157 e. The van der Waals surface area contributed by atoms with Gasteiger partial charge < -0.3 is 19.3 Å². The molecule has 0 radical (unpaired) electrons. The summed E-state index contributed by atoms with van der Waals surface area (Å²) in [5.41, 5.74) is 1.72. The molecule has 0 spiro atoms. The van der Waals surface area contributed by atoms with Gasteiger partial charge in [-0.1, -0.05) is 50.3 Å². The summed E-state index contributed by atoms with van der Waals surface area (Å²) in [6.45, 7) is 6.82. The molecular weight excluding hydrogens is 376 g/mol. The van der Waals surface area contributed by atoms with Crippen molar-refractivity contribution >= 4 is 0 Å². The van der Waals surface area contributed by atoms with Crippen LogP contribution in [0.2, 0.25) is 0 Å². The second-order valence-corrected chi connectivity index (χ2v) is 7.83. The van der Waals surface area contributed by atoms with Crippen molar-refractivity contribution in [3.63, 3.8) is 0 Å². The van der Waals surface area contributed by atoms with Crippen molar-refractivity contribution in [1.29, 1.82) is 0 Å². The lowest BCUT2D eigenvalue weighted by molar-refractivity contribution is -0.190. The Bertz CT molecular complexity index is 682. The number of methoxy groups -OCH3 is 1. The van der Waals surface area contributed by atoms with Crippen LogP contribution in [0.25, 0.3) is 0 Å². The molecule has 1 fully saturated rings. The van der Waals surface area contributed by atoms with E-state index >= 15 is 0 Å². The number of hydrogen-bond acceptors (Lipinski definition) is 4. The first kappa shape index (κ1) is 24.5. The predicted molar refractivity (Wildman–Crippen MR) is 121 cm³/mol. The van der Waals surface area contributed by atoms with E-state index in [2.05, 4.69) is 25.3 Å². The summed E-state index contributed by atoms with van der Waals surface area (Å²) in [5.74, 6) is 6.92. The molecule has 166 valence electrons. The molecule has 1 unspecified atom stereocenters. The topological polar surface area (TPSA) is 47.9 Å². The van der Waals surface area contributed by atoms with Crippen molar-refractivity contribution in [3.8, 4) is 17.6 Å². The lowest BCUT2D eigenvalue weighted by Crippen LogP contribution is -2.28. The van der Waals surface area contributed by atoms with Gasteiger partial charge in [-0.05, 0) is 50.2 Å². The van der Waals surface area contributed by atoms with Gasteiger partial charge in [-0.2, -0.15) is 0 Å². The molecule has 0 amide bonds. The first-order valence-electron chi connectivity index (χ1n) is 11.4. The first-order chi connectivity index (χ1) is 14.7. The van der Waals surface area contributed by atoms with Crippen LogP contribution in [0.15, 0.2) is 30.9 Å². The number of aliphatic hydroxyl groups is 1. The van der Waals surface area contributed by atoms with E-state index < -0.39 is 6.10 Å². The zero-order valence-electron chi connectivity index (χ0n) is 18.7. The van der Waals surface area contributed by atoms with E-state index in [9.17, 15) is 5.11 Å². The van der Waals surface area contributed by atoms with Crippen molar-refractivity contribution in [2.75, 3.05) is 13.7 Å². The lowest BCUT2D eigenvalue weighted by Gasteiger charge is -2.27. The van der Waals surface area contributed by atoms with Crippen LogP contribution in [-0.4, -0.2) is 31.2 Å². The van der Waals surface area contributed by atoms with Crippen LogP contribution in [0.3, 0.4) is 0 Å². The van der Waals surface area contributed by atoms with Crippen LogP contribution in [0, 0.1) is 11.8 Å². The second-order valence-electron chi connectivity index (χ2n) is 7.83. The fourth-order valence-corrected chi connectivity index (χ4v) is 3.81. The number of aliphatic hydroxyl groups excluding tert-OH is 1. The minimum atomic E-state index is -0.837. The summed E-state index contributed by atoms with van der Waals surface area (Å²) < 4.78 is 17.4. The van der Waals surface area contributed by atoms with Gasteiger partial charge in [0.15, 0.2) is 6.29 Å². The Labute approximate surface area is 182 Å². The Morgan fingerprint density at radius 2 is 2.17 bits per heavy atom. The zero-order valence-corrected chi connectivity index (χ0v) is 18.7. The van der Waals surface area contributed by atoms with Gasteiger partial charge in [0.05, 0.1) is 13.2 Å². The predicted octanol–water partition coefficient (Wildman–Crippen LogP) is 5.73. The van der Waals surface area contributed by atoms with Gasteiger partial charge in [-0.3, -0.25) is 0 Å². The maximum Gasteiger partial charge on any atom is 0.157 e. The van der Waals surface area contributed by atoms with E-state index in [4.69, 9.17) is 14.2 Å². The van der Waals surface area contributed by atoms with Crippen LogP contribution in [0.1, 0.15) is 81.9 Å². The first-order valence-corrected chi connectivity index (χ1v) is 11.4. The normalized spacial score (nSPS) is 18.2. The molecule has 1 heterocycles. The molecule has 1 saturated heterocycles. The van der Waals surface area contributed by atoms with Crippen molar-refractivity contribution in [2.45, 2.75) is 89.6 Å². The van der Waals surface area contributed by atoms with Gasteiger partial charge in [-0.15, -0.1) is 12.5 Å². The summed E-state index contributed by atoms with van der Waals surface area (Å²) in [7, 11) is 1.64. The van der Waals surface area contributed by atoms with Gasteiger partial charge in [-0.25, -0.2) is 0 Å². The Morgan fingerprint density at radius 1 is 1.30 bits per heavy atom. The minimum absolute atomic E-state index is 0.0674. The number of rotatable bonds is 12. The lowest BCUT2D eigenvalue weighted by atomic mass is 9.98. The van der Waals surface area contributed by atoms with Gasteiger partial charge in [0.25, 0.3) is 0 Å². The van der Waals surface area contributed by atoms with E-state index in [-0.39, 0.29) is 12.4 Å². The molecule has 1 aliphatic rings. The van der Waals surface area contributed by atoms with Crippen LogP contribution in [0.4, 0.5) is 0 Å². The Morgan fingerprint density at radius 3 is 2.87 bits per heavy atom. The molecule has 1 aromatic carbocycles. The van der Waals surface area contributed by atoms with Crippen LogP contribution in [-0.2, 0) is 15.9 Å². The van der Waals surface area contributed by atoms with E-state index in [1.54, 1.807) is 7.11 Å². The van der Waals surface area contributed by atoms with Gasteiger partial charge in [0.1, 0.15) is 11.9 Å². The van der Waals surface area contributed by atoms with E-state index in [1.165, 1.54) is 25.7 Å². The maximum absolute atomic E-state index is 10.6. The third-order valence-corrected chi connectivity index (χ3v) is 5.47. The second kappa shape index (κ2) is 14.2. The Balaban J connectivity index is 1.94. The summed E-state index contributed by atoms with van der Waals surface area (Å²) in [6, 6.07) is 5.68. The minimum Gasteiger partial charge on any atom is -0.496 e. The highest BCUT2D eigenvalue weighted by Gasteiger charge is 2.19. The molecule has 1 aromatic rings. The summed E-state index contributed by atoms with van der Waals surface area (Å²) in [5, 5.41) is 10.6. The van der Waals surface area contributed by atoms with Crippen molar-refractivity contribution in [3.05, 3.63) is 42.0 Å². The van der Waals surface area contributed by atoms with E-state index in [0.717, 1.165) is 49.2 Å². The number of ether oxygens (including phenoxy) is 3. The molecule has 1 aliphatic heterocycles. The third kappa shape index (κ3) is 8.14. The van der Waals surface area contributed by atoms with Gasteiger partial charge in [0.2, 0.25) is 0 Å². The largest absolute Gasteiger partial charge is 0.496 e. The average Bonchev–Trinajstić information content (AvgIpc) is 2.77. The quantitative estimate of drug-likeness (QED) is 0.269. The number of allylic oxidation sites excluding steroid dienone is 1. The average molecular weight is 415 g/mol. The van der Waals surface area contributed by atoms with Crippen LogP contribution < -0.4 is 4.74 Å². The van der Waals surface area contributed by atoms with Crippen LogP contribution >= 0.6 is 0 Å². The molecule has 4 nitrogen and oxygen atoms in total. The number of hydrogen-bond donors (Lipinski definition) is 1. The Hall–Kier alpha value is -1.80. The maximum atomic E-state index is 10.6. The standard InChI is InChI=1S/C26H38O4/c1-4-6-7-14-21(30-26-19-10-11-20-29-26)15-8-9-17-24(27)22-16-12-18-25(28-3)23(22)13-5-2/h5,12,16,18,21,24,26-27H,2,4,6-8,10-11,13-15,19-20H2,1,3H3/t21-,24-,26?/m0/s1. The van der Waals surface area contributed by atoms with Crippen molar-refractivity contribution in [1.82, 2.24) is 0 Å². The Kier molecular flexibility index (Phi) is 11.6. The van der Waals surface area contributed by atoms with Gasteiger partial charge in [0, 0.05) is 18.6 Å². The molecule has 0 saturated carbocycles. The fraction of sp³-hybridized carbons (Fsp3) is 0.615. The molecule has 4 heteroatoms. The van der Waals surface area contributed by atoms with Crippen molar-refractivity contribution < 1.29 is 19.3 Å². The van der Waals surface area contributed by atoms with E-state index in [1.807, 2.05) is 24.3 Å². The molecule has 1 N–H and O–H groups in total. The summed E-state index contributed by atoms with van der Waals surface area (Å²) in [4.78, 5) is 0. The molecule has 0 bridgehead atoms. The number of unbranched alkanes of at least 4 members (excludes halogenated alkanes) is 2. The van der Waals surface area contributed by atoms with Crippen molar-refractivity contribution in [2.24, 2.45) is 0 Å². The number of benzene rings is 1. The highest BCUT2D eigenvalue weighted by atomic mass is 16.7. The molecule has 3 atom stereocenters. The summed E-state index contributed by atoms with van der Waals surface area (Å²) in [6.07, 6.45) is 11.2. The fourth-order valence-electron chi connectivity index (χ4n) is 3.81. The molecule has 0 aromatic heterocycles. The SMILES string of the molecule is C=CCc1c(OC)cccc1[C@@H](O)C#CCC[C@H](CCCCC)OC1CCCCO1.